The van der Waals surface area contributed by atoms with E-state index in [0.717, 1.165) is 38.5 Å². The molecule has 5 heterocycles. The summed E-state index contributed by atoms with van der Waals surface area (Å²) in [6.07, 6.45) is 8.43. The number of aliphatic hydroxyl groups is 4. The maximum Gasteiger partial charge on any atom is 0.397 e. The van der Waals surface area contributed by atoms with Gasteiger partial charge < -0.3 is 68.0 Å². The fourth-order valence-corrected chi connectivity index (χ4v) is 14.0. The Balaban J connectivity index is 0.000000395. The molecule has 0 spiro atoms. The van der Waals surface area contributed by atoms with Gasteiger partial charge in [0.15, 0.2) is 18.7 Å². The largest absolute Gasteiger partial charge is 0.459 e. The Morgan fingerprint density at radius 3 is 2.00 bits per heavy atom. The van der Waals surface area contributed by atoms with Gasteiger partial charge in [0, 0.05) is 49.2 Å². The molecule has 5 fully saturated rings. The molecule has 22 atom stereocenters. The second kappa shape index (κ2) is 35.1. The Bertz CT molecular complexity index is 2440. The second-order valence-corrected chi connectivity index (χ2v) is 28.8. The summed E-state index contributed by atoms with van der Waals surface area (Å²) in [6, 6.07) is -0.319. The normalized spacial score (nSPS) is 39.6. The molecule has 0 aromatic heterocycles. The average molecular weight is 1300 g/mol. The standard InChI is InChI=1S/C40H71NO14.C15H20O3.C12H26O4S/c1-15-27-40(11,48)33(44)22(5)30(43)20(3)18-38(9,47)35(55-37-32(53-28(42)16-2)26(41(12)13)17-21(4)50-37)23(6)31(24(7)36(46)52-27)54-29-19-39(10,49-14)34(45)25(8)51-29;1-9-5-4-8-15(3)13(18-15)12-11(7-6-9)10(2)14(16)17-12;1-2-3-4-5-6-7-8-9-10-11-12-16-17(13,14)15/h20-27,29,31-35,37,44-45,47-48H,15-19H2,1-14H3;5,11-13H,2,4,6-8H2,1,3H3;2-12H2,1H3,(H,13,14,15). The lowest BCUT2D eigenvalue weighted by molar-refractivity contribution is -0.319. The van der Waals surface area contributed by atoms with Gasteiger partial charge in [-0.3, -0.25) is 18.9 Å². The average Bonchev–Trinajstić information content (AvgIpc) is 1.54. The minimum absolute atomic E-state index is 0.0671. The van der Waals surface area contributed by atoms with Crippen molar-refractivity contribution in [2.75, 3.05) is 27.8 Å². The molecule has 22 unspecified atom stereocenters. The number of allylic oxidation sites excluding steroid dienone is 2. The Morgan fingerprint density at radius 2 is 1.43 bits per heavy atom. The number of ketones is 1. The van der Waals surface area contributed by atoms with Crippen LogP contribution in [0.2, 0.25) is 0 Å². The summed E-state index contributed by atoms with van der Waals surface area (Å²) in [5.74, 6) is -5.69. The lowest BCUT2D eigenvalue weighted by Gasteiger charge is -2.49. The number of Topliss-reactive ketones (excluding diaryl/α,β-unsaturated/α-hetero) is 1. The summed E-state index contributed by atoms with van der Waals surface area (Å²) in [5, 5.41) is 46.6. The molecule has 23 heteroatoms. The lowest BCUT2D eigenvalue weighted by Crippen LogP contribution is -2.61. The van der Waals surface area contributed by atoms with Crippen molar-refractivity contribution in [1.82, 2.24) is 4.90 Å². The highest BCUT2D eigenvalue weighted by atomic mass is 32.3. The van der Waals surface area contributed by atoms with E-state index in [1.165, 1.54) is 78.4 Å². The van der Waals surface area contributed by atoms with Crippen molar-refractivity contribution in [2.24, 2.45) is 29.6 Å². The van der Waals surface area contributed by atoms with Gasteiger partial charge in [-0.2, -0.15) is 8.42 Å². The molecule has 22 nitrogen and oxygen atoms in total. The van der Waals surface area contributed by atoms with Crippen molar-refractivity contribution < 1.29 is 99.4 Å². The van der Waals surface area contributed by atoms with Crippen LogP contribution in [0.3, 0.4) is 0 Å². The molecule has 522 valence electrons. The van der Waals surface area contributed by atoms with Crippen LogP contribution in [0.25, 0.3) is 0 Å². The van der Waals surface area contributed by atoms with E-state index < -0.39 is 124 Å². The van der Waals surface area contributed by atoms with Gasteiger partial charge in [0.25, 0.3) is 0 Å². The van der Waals surface area contributed by atoms with E-state index in [1.807, 2.05) is 25.9 Å². The number of hydrogen-bond donors (Lipinski definition) is 5. The second-order valence-electron chi connectivity index (χ2n) is 27.7. The number of epoxide rings is 1. The highest BCUT2D eigenvalue weighted by Crippen LogP contribution is 2.50. The monoisotopic (exact) mass is 1300 g/mol. The molecule has 0 saturated carbocycles. The minimum Gasteiger partial charge on any atom is -0.459 e. The molecule has 6 aliphatic rings. The number of unbranched alkanes of at least 4 members (excludes halogenated alkanes) is 9. The number of carbonyl (C=O) groups excluding carboxylic acids is 4. The first-order chi connectivity index (χ1) is 41.9. The molecule has 0 aromatic rings. The summed E-state index contributed by atoms with van der Waals surface area (Å²) in [4.78, 5) is 54.6. The number of rotatable bonds is 21. The number of aliphatic hydroxyl groups excluding tert-OH is 2. The Morgan fingerprint density at radius 1 is 0.822 bits per heavy atom. The van der Waals surface area contributed by atoms with Gasteiger partial charge in [-0.25, -0.2) is 8.98 Å². The highest BCUT2D eigenvalue weighted by Gasteiger charge is 2.62. The van der Waals surface area contributed by atoms with Crippen LogP contribution in [0.4, 0.5) is 0 Å². The third kappa shape index (κ3) is 22.0. The molecule has 0 bridgehead atoms. The van der Waals surface area contributed by atoms with Gasteiger partial charge in [0.05, 0.1) is 65.9 Å². The summed E-state index contributed by atoms with van der Waals surface area (Å²) >= 11 is 0. The van der Waals surface area contributed by atoms with Crippen LogP contribution in [-0.2, 0) is 76.4 Å². The molecule has 0 radical (unpaired) electrons. The number of cyclic esters (lactones) is 1. The molecule has 0 amide bonds. The van der Waals surface area contributed by atoms with Crippen molar-refractivity contribution in [2.45, 2.75) is 321 Å². The predicted octanol–water partition coefficient (Wildman–Crippen LogP) is 9.24. The zero-order chi connectivity index (χ0) is 67.9. The van der Waals surface area contributed by atoms with Crippen LogP contribution in [0.5, 0.6) is 0 Å². The van der Waals surface area contributed by atoms with Gasteiger partial charge >= 0.3 is 28.3 Å². The van der Waals surface area contributed by atoms with Crippen LogP contribution < -0.4 is 0 Å². The molecule has 5 saturated heterocycles. The van der Waals surface area contributed by atoms with Crippen LogP contribution in [0.15, 0.2) is 23.8 Å². The van der Waals surface area contributed by atoms with E-state index >= 15 is 0 Å². The van der Waals surface area contributed by atoms with Crippen molar-refractivity contribution in [3.8, 4) is 0 Å². The van der Waals surface area contributed by atoms with Gasteiger partial charge in [-0.15, -0.1) is 0 Å². The van der Waals surface area contributed by atoms with Crippen molar-refractivity contribution >= 4 is 34.1 Å². The van der Waals surface area contributed by atoms with E-state index in [4.69, 9.17) is 47.2 Å². The zero-order valence-electron chi connectivity index (χ0n) is 57.4. The Kier molecular flexibility index (Phi) is 31.0. The van der Waals surface area contributed by atoms with Gasteiger partial charge in [-0.05, 0) is 121 Å². The molecule has 0 aromatic carbocycles. The van der Waals surface area contributed by atoms with E-state index in [0.29, 0.717) is 18.4 Å². The summed E-state index contributed by atoms with van der Waals surface area (Å²) in [5.41, 5.74) is -3.01. The fraction of sp³-hybridized carbons (Fsp3) is 0.881. The minimum atomic E-state index is -4.23. The number of hydrogen-bond acceptors (Lipinski definition) is 21. The number of fused-ring (bicyclic) bond motifs is 3. The highest BCUT2D eigenvalue weighted by molar-refractivity contribution is 7.80. The van der Waals surface area contributed by atoms with Gasteiger partial charge in [0.2, 0.25) is 0 Å². The quantitative estimate of drug-likeness (QED) is 0.0136. The summed E-state index contributed by atoms with van der Waals surface area (Å²) in [6.45, 7) is 28.5. The SMILES string of the molecule is C=C1C(=O)OC2C1CCC(C)=CCCC1(C)OC21.CCC(=O)OC1C(OC2C(C)C(OC3CC(C)(OC)C(O)C(C)O3)C(C)C(=O)OC(CC)C(C)(O)C(O)C(C)C(=O)C(C)CC2(C)O)OC(C)CC1N(C)C.CCCCCCCCCCCCOS(=O)(=O)O. The summed E-state index contributed by atoms with van der Waals surface area (Å²) in [7, 11) is 0.973. The Hall–Kier alpha value is -3.01. The smallest absolute Gasteiger partial charge is 0.397 e. The number of likely N-dealkylation sites (N-methyl/N-ethyl adjacent to an activating group) is 1. The third-order valence-electron chi connectivity index (χ3n) is 19.7. The molecule has 5 aliphatic heterocycles. The maximum atomic E-state index is 14.2. The number of methoxy groups -OCH3 is 1. The van der Waals surface area contributed by atoms with Crippen LogP contribution in [0, 0.1) is 29.6 Å². The molecular weight excluding hydrogens is 1190 g/mol. The topological polar surface area (TPSA) is 302 Å². The van der Waals surface area contributed by atoms with Crippen LogP contribution in [0.1, 0.15) is 219 Å². The van der Waals surface area contributed by atoms with Crippen molar-refractivity contribution in [1.29, 1.82) is 0 Å². The summed E-state index contributed by atoms with van der Waals surface area (Å²) < 4.78 is 87.9. The number of esters is 3. The molecule has 5 N–H and O–H groups in total. The zero-order valence-corrected chi connectivity index (χ0v) is 58.3. The Labute approximate surface area is 538 Å². The first-order valence-corrected chi connectivity index (χ1v) is 34.7. The molecule has 90 heavy (non-hydrogen) atoms. The van der Waals surface area contributed by atoms with E-state index in [9.17, 15) is 48.0 Å². The maximum absolute atomic E-state index is 14.2. The van der Waals surface area contributed by atoms with Crippen LogP contribution in [-0.4, -0.2) is 192 Å². The number of carbonyl (C=O) groups is 4. The molecule has 1 aliphatic carbocycles. The van der Waals surface area contributed by atoms with Crippen LogP contribution >= 0.6 is 0 Å². The van der Waals surface area contributed by atoms with E-state index in [2.05, 4.69) is 37.6 Å². The van der Waals surface area contributed by atoms with Crippen molar-refractivity contribution in [3.05, 3.63) is 23.8 Å². The first-order valence-electron chi connectivity index (χ1n) is 33.4. The third-order valence-corrected chi connectivity index (χ3v) is 20.1. The van der Waals surface area contributed by atoms with Gasteiger partial charge in [0.1, 0.15) is 35.8 Å². The molecular formula is C67H117NO21S. The van der Waals surface area contributed by atoms with E-state index in [-0.39, 0.29) is 74.1 Å². The number of nitrogens with zero attached hydrogens (tertiary/aromatic N) is 1. The lowest BCUT2D eigenvalue weighted by atomic mass is 9.74. The predicted molar refractivity (Wildman–Crippen MR) is 338 cm³/mol. The van der Waals surface area contributed by atoms with Crippen molar-refractivity contribution in [3.63, 3.8) is 0 Å². The van der Waals surface area contributed by atoms with E-state index in [1.54, 1.807) is 48.5 Å². The molecule has 6 rings (SSSR count). The fourth-order valence-electron chi connectivity index (χ4n) is 13.7. The van der Waals surface area contributed by atoms with Gasteiger partial charge in [-0.1, -0.05) is 118 Å². The number of ether oxygens (including phenoxy) is 9. The first kappa shape index (κ1) is 79.4.